The van der Waals surface area contributed by atoms with Gasteiger partial charge in [-0.05, 0) is 36.9 Å². The Bertz CT molecular complexity index is 1110. The molecular formula is C21H21F3N4O2S. The van der Waals surface area contributed by atoms with Gasteiger partial charge in [0.15, 0.2) is 5.13 Å². The number of thiazole rings is 1. The third-order valence-corrected chi connectivity index (χ3v) is 6.18. The monoisotopic (exact) mass is 450 g/mol. The van der Waals surface area contributed by atoms with E-state index < -0.39 is 17.6 Å². The van der Waals surface area contributed by atoms with Gasteiger partial charge in [0.2, 0.25) is 0 Å². The number of carbonyl (C=O) groups excluding carboxylic acids is 1. The van der Waals surface area contributed by atoms with Crippen molar-refractivity contribution in [1.29, 1.82) is 0 Å². The summed E-state index contributed by atoms with van der Waals surface area (Å²) in [6, 6.07) is 8.25. The number of phenolic OH excluding ortho intramolecular Hbond substituents is 1. The lowest BCUT2D eigenvalue weighted by Crippen LogP contribution is -2.43. The summed E-state index contributed by atoms with van der Waals surface area (Å²) in [5.41, 5.74) is 0.264. The van der Waals surface area contributed by atoms with Gasteiger partial charge in [0, 0.05) is 32.7 Å². The summed E-state index contributed by atoms with van der Waals surface area (Å²) in [7, 11) is 2.01. The van der Waals surface area contributed by atoms with E-state index in [0.717, 1.165) is 49.6 Å². The number of halogens is 3. The summed E-state index contributed by atoms with van der Waals surface area (Å²) in [5.74, 6) is -0.759. The van der Waals surface area contributed by atoms with Crippen LogP contribution >= 0.6 is 11.3 Å². The highest BCUT2D eigenvalue weighted by molar-refractivity contribution is 7.22. The van der Waals surface area contributed by atoms with E-state index in [1.54, 1.807) is 12.1 Å². The number of anilines is 1. The second-order valence-electron chi connectivity index (χ2n) is 7.55. The molecule has 1 fully saturated rings. The van der Waals surface area contributed by atoms with Gasteiger partial charge in [-0.2, -0.15) is 13.2 Å². The molecule has 1 saturated heterocycles. The van der Waals surface area contributed by atoms with Gasteiger partial charge in [0.25, 0.3) is 5.91 Å². The van der Waals surface area contributed by atoms with Gasteiger partial charge in [-0.3, -0.25) is 15.0 Å². The summed E-state index contributed by atoms with van der Waals surface area (Å²) in [4.78, 5) is 21.2. The van der Waals surface area contributed by atoms with Crippen LogP contribution in [0.25, 0.3) is 10.2 Å². The Labute approximate surface area is 180 Å². The van der Waals surface area contributed by atoms with Crippen molar-refractivity contribution in [2.45, 2.75) is 12.7 Å². The van der Waals surface area contributed by atoms with E-state index in [2.05, 4.69) is 20.1 Å². The summed E-state index contributed by atoms with van der Waals surface area (Å²) in [6.45, 7) is 3.57. The molecule has 0 atom stereocenters. The Kier molecular flexibility index (Phi) is 5.87. The molecule has 0 radical (unpaired) electrons. The van der Waals surface area contributed by atoms with E-state index in [-0.39, 0.29) is 16.4 Å². The van der Waals surface area contributed by atoms with Crippen molar-refractivity contribution in [3.05, 3.63) is 53.1 Å². The molecule has 0 aliphatic carbocycles. The fourth-order valence-corrected chi connectivity index (χ4v) is 4.46. The Morgan fingerprint density at radius 3 is 2.58 bits per heavy atom. The Morgan fingerprint density at radius 2 is 1.90 bits per heavy atom. The maximum Gasteiger partial charge on any atom is 0.416 e. The second-order valence-corrected chi connectivity index (χ2v) is 8.58. The molecule has 6 nitrogen and oxygen atoms in total. The Morgan fingerprint density at radius 1 is 1.19 bits per heavy atom. The molecule has 0 spiro atoms. The first kappa shape index (κ1) is 21.5. The van der Waals surface area contributed by atoms with Gasteiger partial charge in [-0.25, -0.2) is 4.98 Å². The standard InChI is InChI=1S/C21H21F3N4O2S/c1-27-6-8-28(9-7-27)12-13-10-14(21(22,23)24)11-17-18(13)25-20(31-17)26-19(30)15-4-2-3-5-16(15)29/h2-5,10-11,29H,6-9,12H2,1H3,(H,25,26,30). The van der Waals surface area contributed by atoms with Crippen molar-refractivity contribution < 1.29 is 23.1 Å². The topological polar surface area (TPSA) is 68.7 Å². The lowest BCUT2D eigenvalue weighted by atomic mass is 10.1. The maximum absolute atomic E-state index is 13.5. The van der Waals surface area contributed by atoms with Gasteiger partial charge in [-0.1, -0.05) is 23.5 Å². The number of carbonyl (C=O) groups is 1. The number of likely N-dealkylation sites (N-methyl/N-ethyl adjacent to an activating group) is 1. The minimum Gasteiger partial charge on any atom is -0.507 e. The number of nitrogens with one attached hydrogen (secondary N) is 1. The fourth-order valence-electron chi connectivity index (χ4n) is 3.51. The third kappa shape index (κ3) is 4.81. The van der Waals surface area contributed by atoms with Crippen molar-refractivity contribution in [2.24, 2.45) is 0 Å². The molecule has 0 bridgehead atoms. The quantitative estimate of drug-likeness (QED) is 0.629. The van der Waals surface area contributed by atoms with Gasteiger partial charge in [-0.15, -0.1) is 0 Å². The number of amides is 1. The lowest BCUT2D eigenvalue weighted by Gasteiger charge is -2.32. The number of aromatic hydroxyl groups is 1. The number of fused-ring (bicyclic) bond motifs is 1. The predicted octanol–water partition coefficient (Wildman–Crippen LogP) is 4.02. The molecule has 1 aliphatic rings. The van der Waals surface area contributed by atoms with E-state index >= 15 is 0 Å². The number of nitrogens with zero attached hydrogens (tertiary/aromatic N) is 3. The van der Waals surface area contributed by atoms with Crippen molar-refractivity contribution in [3.8, 4) is 5.75 Å². The molecule has 2 aromatic carbocycles. The predicted molar refractivity (Wildman–Crippen MR) is 113 cm³/mol. The van der Waals surface area contributed by atoms with Crippen LogP contribution < -0.4 is 5.32 Å². The van der Waals surface area contributed by atoms with E-state index in [4.69, 9.17) is 0 Å². The van der Waals surface area contributed by atoms with Crippen LogP contribution in [0.5, 0.6) is 5.75 Å². The third-order valence-electron chi connectivity index (χ3n) is 5.26. The summed E-state index contributed by atoms with van der Waals surface area (Å²) in [5, 5.41) is 12.6. The smallest absolute Gasteiger partial charge is 0.416 e. The highest BCUT2D eigenvalue weighted by Crippen LogP contribution is 2.37. The first-order valence-corrected chi connectivity index (χ1v) is 10.5. The molecule has 1 aliphatic heterocycles. The number of benzene rings is 2. The van der Waals surface area contributed by atoms with Gasteiger partial charge >= 0.3 is 6.18 Å². The van der Waals surface area contributed by atoms with E-state index in [9.17, 15) is 23.1 Å². The molecular weight excluding hydrogens is 429 g/mol. The van der Waals surface area contributed by atoms with Gasteiger partial charge in [0.1, 0.15) is 5.75 Å². The minimum absolute atomic E-state index is 0.0652. The van der Waals surface area contributed by atoms with E-state index in [1.165, 1.54) is 12.1 Å². The van der Waals surface area contributed by atoms with Gasteiger partial charge in [0.05, 0.1) is 21.3 Å². The van der Waals surface area contributed by atoms with Crippen molar-refractivity contribution in [3.63, 3.8) is 0 Å². The molecule has 3 aromatic rings. The fraction of sp³-hybridized carbons (Fsp3) is 0.333. The number of piperazine rings is 1. The second kappa shape index (κ2) is 8.45. The summed E-state index contributed by atoms with van der Waals surface area (Å²) < 4.78 is 40.8. The van der Waals surface area contributed by atoms with Crippen LogP contribution in [0.3, 0.4) is 0 Å². The molecule has 0 saturated carbocycles. The zero-order valence-electron chi connectivity index (χ0n) is 16.7. The van der Waals surface area contributed by atoms with Crippen molar-refractivity contribution >= 4 is 32.6 Å². The number of hydrogen-bond acceptors (Lipinski definition) is 6. The molecule has 2 heterocycles. The zero-order chi connectivity index (χ0) is 22.2. The average Bonchev–Trinajstić information content (AvgIpc) is 3.12. The molecule has 10 heteroatoms. The normalized spacial score (nSPS) is 16.0. The van der Waals surface area contributed by atoms with Crippen LogP contribution in [-0.2, 0) is 12.7 Å². The number of para-hydroxylation sites is 1. The zero-order valence-corrected chi connectivity index (χ0v) is 17.6. The first-order chi connectivity index (χ1) is 14.7. The molecule has 0 unspecified atom stereocenters. The van der Waals surface area contributed by atoms with Crippen LogP contribution in [0.4, 0.5) is 18.3 Å². The lowest BCUT2D eigenvalue weighted by molar-refractivity contribution is -0.137. The number of rotatable bonds is 4. The summed E-state index contributed by atoms with van der Waals surface area (Å²) >= 11 is 0.982. The van der Waals surface area contributed by atoms with Crippen molar-refractivity contribution in [2.75, 3.05) is 38.5 Å². The number of aromatic nitrogens is 1. The van der Waals surface area contributed by atoms with Crippen LogP contribution in [0.2, 0.25) is 0 Å². The SMILES string of the molecule is CN1CCN(Cc2cc(C(F)(F)F)cc3sc(NC(=O)c4ccccc4O)nc23)CC1. The molecule has 164 valence electrons. The van der Waals surface area contributed by atoms with Crippen LogP contribution in [0.15, 0.2) is 36.4 Å². The molecule has 31 heavy (non-hydrogen) atoms. The van der Waals surface area contributed by atoms with Gasteiger partial charge < -0.3 is 10.0 Å². The molecule has 1 amide bonds. The molecule has 1 aromatic heterocycles. The molecule has 4 rings (SSSR count). The number of alkyl halides is 3. The number of phenols is 1. The van der Waals surface area contributed by atoms with Crippen LogP contribution in [0, 0.1) is 0 Å². The molecule has 2 N–H and O–H groups in total. The Balaban J connectivity index is 1.66. The summed E-state index contributed by atoms with van der Waals surface area (Å²) in [6.07, 6.45) is -4.48. The van der Waals surface area contributed by atoms with E-state index in [1.807, 2.05) is 7.05 Å². The average molecular weight is 450 g/mol. The maximum atomic E-state index is 13.5. The van der Waals surface area contributed by atoms with E-state index in [0.29, 0.717) is 22.3 Å². The highest BCUT2D eigenvalue weighted by atomic mass is 32.1. The highest BCUT2D eigenvalue weighted by Gasteiger charge is 2.32. The van der Waals surface area contributed by atoms with Crippen molar-refractivity contribution in [1.82, 2.24) is 14.8 Å². The van der Waals surface area contributed by atoms with Crippen LogP contribution in [0.1, 0.15) is 21.5 Å². The largest absolute Gasteiger partial charge is 0.507 e. The minimum atomic E-state index is -4.48. The Hall–Kier alpha value is -2.69. The van der Waals surface area contributed by atoms with Crippen LogP contribution in [-0.4, -0.2) is 59.0 Å². The number of hydrogen-bond donors (Lipinski definition) is 2. The first-order valence-electron chi connectivity index (χ1n) is 9.71.